The number of methoxy groups -OCH3 is 1. The number of halogens is 1. The van der Waals surface area contributed by atoms with Gasteiger partial charge in [-0.25, -0.2) is 0 Å². The molecule has 0 aliphatic carbocycles. The van der Waals surface area contributed by atoms with Crippen LogP contribution < -0.4 is 0 Å². The van der Waals surface area contributed by atoms with E-state index in [1.165, 1.54) is 18.1 Å². The second-order valence-electron chi connectivity index (χ2n) is 6.06. The maximum Gasteiger partial charge on any atom is 0.310 e. The van der Waals surface area contributed by atoms with E-state index in [2.05, 4.69) is 38.0 Å². The van der Waals surface area contributed by atoms with Crippen LogP contribution in [-0.2, 0) is 22.4 Å². The molecule has 0 unspecified atom stereocenters. The van der Waals surface area contributed by atoms with Gasteiger partial charge in [-0.3, -0.25) is 4.79 Å². The SMILES string of the molecule is COC(=O)Cc1c(Cc2c[nH]c3ccc(Br)cc23)[nH]c2ccccc12. The van der Waals surface area contributed by atoms with E-state index >= 15 is 0 Å². The molecule has 0 bridgehead atoms. The molecule has 5 heteroatoms. The summed E-state index contributed by atoms with van der Waals surface area (Å²) in [6.45, 7) is 0. The fraction of sp³-hybridized carbons (Fsp3) is 0.150. The fourth-order valence-electron chi connectivity index (χ4n) is 3.31. The van der Waals surface area contributed by atoms with E-state index in [9.17, 15) is 4.79 Å². The number of aromatic nitrogens is 2. The van der Waals surface area contributed by atoms with Crippen LogP contribution in [0.25, 0.3) is 21.8 Å². The van der Waals surface area contributed by atoms with E-state index in [1.54, 1.807) is 0 Å². The number of carbonyl (C=O) groups excluding carboxylic acids is 1. The van der Waals surface area contributed by atoms with Crippen molar-refractivity contribution in [2.24, 2.45) is 0 Å². The lowest BCUT2D eigenvalue weighted by atomic mass is 10.0. The quantitative estimate of drug-likeness (QED) is 0.490. The maximum absolute atomic E-state index is 11.9. The molecule has 4 rings (SSSR count). The molecule has 0 fully saturated rings. The summed E-state index contributed by atoms with van der Waals surface area (Å²) in [6, 6.07) is 14.3. The van der Waals surface area contributed by atoms with Crippen LogP contribution in [0, 0.1) is 0 Å². The van der Waals surface area contributed by atoms with Crippen molar-refractivity contribution < 1.29 is 9.53 Å². The van der Waals surface area contributed by atoms with E-state index in [1.807, 2.05) is 36.5 Å². The van der Waals surface area contributed by atoms with E-state index in [4.69, 9.17) is 4.74 Å². The number of esters is 1. The monoisotopic (exact) mass is 396 g/mol. The highest BCUT2D eigenvalue weighted by Gasteiger charge is 2.16. The number of benzene rings is 2. The van der Waals surface area contributed by atoms with Crippen LogP contribution in [0.5, 0.6) is 0 Å². The molecule has 2 N–H and O–H groups in total. The average Bonchev–Trinajstić information content (AvgIpc) is 3.17. The zero-order valence-electron chi connectivity index (χ0n) is 13.7. The number of carbonyl (C=O) groups is 1. The summed E-state index contributed by atoms with van der Waals surface area (Å²) >= 11 is 3.54. The predicted molar refractivity (Wildman–Crippen MR) is 103 cm³/mol. The third-order valence-corrected chi connectivity index (χ3v) is 5.04. The maximum atomic E-state index is 11.9. The minimum atomic E-state index is -0.229. The van der Waals surface area contributed by atoms with Gasteiger partial charge >= 0.3 is 5.97 Å². The predicted octanol–water partition coefficient (Wildman–Crippen LogP) is 4.72. The van der Waals surface area contributed by atoms with Crippen molar-refractivity contribution in [3.8, 4) is 0 Å². The molecular weight excluding hydrogens is 380 g/mol. The molecule has 0 amide bonds. The molecule has 2 aromatic carbocycles. The number of ether oxygens (including phenoxy) is 1. The third kappa shape index (κ3) is 2.96. The van der Waals surface area contributed by atoms with Crippen LogP contribution in [0.2, 0.25) is 0 Å². The zero-order valence-corrected chi connectivity index (χ0v) is 15.3. The molecule has 0 saturated heterocycles. The molecule has 0 radical (unpaired) electrons. The third-order valence-electron chi connectivity index (χ3n) is 4.55. The topological polar surface area (TPSA) is 57.9 Å². The van der Waals surface area contributed by atoms with Crippen LogP contribution in [0.15, 0.2) is 53.1 Å². The lowest BCUT2D eigenvalue weighted by Crippen LogP contribution is -2.06. The number of hydrogen-bond donors (Lipinski definition) is 2. The van der Waals surface area contributed by atoms with Crippen molar-refractivity contribution in [3.63, 3.8) is 0 Å². The van der Waals surface area contributed by atoms with Gasteiger partial charge in [0.15, 0.2) is 0 Å². The Hall–Kier alpha value is -2.53. The van der Waals surface area contributed by atoms with Gasteiger partial charge in [0.05, 0.1) is 13.5 Å². The van der Waals surface area contributed by atoms with Gasteiger partial charge in [0.2, 0.25) is 0 Å². The van der Waals surface area contributed by atoms with E-state index in [0.29, 0.717) is 0 Å². The summed E-state index contributed by atoms with van der Waals surface area (Å²) in [7, 11) is 1.42. The standard InChI is InChI=1S/C20H17BrN2O2/c1-25-20(24)10-16-14-4-2-3-5-18(14)23-19(16)8-12-11-22-17-7-6-13(21)9-15(12)17/h2-7,9,11,22-23H,8,10H2,1H3. The zero-order chi connectivity index (χ0) is 17.4. The minimum Gasteiger partial charge on any atom is -0.469 e. The van der Waals surface area contributed by atoms with Gasteiger partial charge in [0.25, 0.3) is 0 Å². The fourth-order valence-corrected chi connectivity index (χ4v) is 3.67. The molecule has 4 aromatic rings. The highest BCUT2D eigenvalue weighted by Crippen LogP contribution is 2.29. The molecule has 25 heavy (non-hydrogen) atoms. The van der Waals surface area contributed by atoms with Crippen molar-refractivity contribution in [1.82, 2.24) is 9.97 Å². The summed E-state index contributed by atoms with van der Waals surface area (Å²) in [4.78, 5) is 18.7. The Balaban J connectivity index is 1.81. The number of rotatable bonds is 4. The van der Waals surface area contributed by atoms with Crippen molar-refractivity contribution >= 4 is 43.7 Å². The van der Waals surface area contributed by atoms with E-state index in [-0.39, 0.29) is 12.4 Å². The second kappa shape index (κ2) is 6.41. The van der Waals surface area contributed by atoms with Gasteiger partial charge in [-0.05, 0) is 35.4 Å². The van der Waals surface area contributed by atoms with Crippen molar-refractivity contribution in [3.05, 3.63) is 70.0 Å². The van der Waals surface area contributed by atoms with E-state index < -0.39 is 0 Å². The Bertz CT molecular complexity index is 1080. The molecule has 0 spiro atoms. The van der Waals surface area contributed by atoms with Crippen LogP contribution >= 0.6 is 15.9 Å². The van der Waals surface area contributed by atoms with Crippen LogP contribution in [0.1, 0.15) is 16.8 Å². The highest BCUT2D eigenvalue weighted by atomic mass is 79.9. The Morgan fingerprint density at radius 1 is 1.12 bits per heavy atom. The lowest BCUT2D eigenvalue weighted by molar-refractivity contribution is -0.139. The van der Waals surface area contributed by atoms with E-state index in [0.717, 1.165) is 38.6 Å². The molecule has 126 valence electrons. The van der Waals surface area contributed by atoms with Crippen LogP contribution in [-0.4, -0.2) is 23.0 Å². The average molecular weight is 397 g/mol. The molecule has 0 saturated carbocycles. The van der Waals surface area contributed by atoms with Gasteiger partial charge < -0.3 is 14.7 Å². The number of H-pyrrole nitrogens is 2. The molecule has 2 aromatic heterocycles. The van der Waals surface area contributed by atoms with Crippen LogP contribution in [0.4, 0.5) is 0 Å². The van der Waals surface area contributed by atoms with Gasteiger partial charge in [-0.2, -0.15) is 0 Å². The first kappa shape index (κ1) is 16.0. The molecule has 0 atom stereocenters. The first-order valence-corrected chi connectivity index (χ1v) is 8.86. The van der Waals surface area contributed by atoms with Crippen molar-refractivity contribution in [2.45, 2.75) is 12.8 Å². The minimum absolute atomic E-state index is 0.229. The molecular formula is C20H17BrN2O2. The summed E-state index contributed by atoms with van der Waals surface area (Å²) in [5, 5.41) is 2.25. The van der Waals surface area contributed by atoms with Gasteiger partial charge in [-0.1, -0.05) is 34.1 Å². The Morgan fingerprint density at radius 2 is 1.96 bits per heavy atom. The highest BCUT2D eigenvalue weighted by molar-refractivity contribution is 9.10. The summed E-state index contributed by atoms with van der Waals surface area (Å²) in [5.74, 6) is -0.229. The number of hydrogen-bond acceptors (Lipinski definition) is 2. The molecule has 2 heterocycles. The van der Waals surface area contributed by atoms with Gasteiger partial charge in [0, 0.05) is 44.6 Å². The first-order valence-electron chi connectivity index (χ1n) is 8.06. The smallest absolute Gasteiger partial charge is 0.310 e. The largest absolute Gasteiger partial charge is 0.469 e. The molecule has 0 aliphatic rings. The number of nitrogens with one attached hydrogen (secondary N) is 2. The number of aromatic amines is 2. The summed E-state index contributed by atoms with van der Waals surface area (Å²) in [6.07, 6.45) is 3.02. The molecule has 4 nitrogen and oxygen atoms in total. The molecule has 0 aliphatic heterocycles. The number of para-hydroxylation sites is 1. The van der Waals surface area contributed by atoms with Crippen LogP contribution in [0.3, 0.4) is 0 Å². The second-order valence-corrected chi connectivity index (χ2v) is 6.98. The Labute approximate surface area is 153 Å². The number of fused-ring (bicyclic) bond motifs is 2. The summed E-state index contributed by atoms with van der Waals surface area (Å²) < 4.78 is 5.93. The van der Waals surface area contributed by atoms with Crippen molar-refractivity contribution in [1.29, 1.82) is 0 Å². The van der Waals surface area contributed by atoms with Gasteiger partial charge in [-0.15, -0.1) is 0 Å². The Morgan fingerprint density at radius 3 is 2.80 bits per heavy atom. The van der Waals surface area contributed by atoms with Gasteiger partial charge in [0.1, 0.15) is 0 Å². The Kier molecular flexibility index (Phi) is 4.09. The normalized spacial score (nSPS) is 11.3. The first-order chi connectivity index (χ1) is 12.2. The van der Waals surface area contributed by atoms with Crippen molar-refractivity contribution in [2.75, 3.05) is 7.11 Å². The lowest BCUT2D eigenvalue weighted by Gasteiger charge is -2.04. The summed E-state index contributed by atoms with van der Waals surface area (Å²) in [5.41, 5.74) is 5.38.